The Bertz CT molecular complexity index is 944. The average Bonchev–Trinajstić information content (AvgIpc) is 3.00. The van der Waals surface area contributed by atoms with Gasteiger partial charge in [0.1, 0.15) is 4.83 Å². The quantitative estimate of drug-likeness (QED) is 0.599. The Morgan fingerprint density at radius 2 is 1.96 bits per heavy atom. The molecule has 4 heteroatoms. The molecular weight excluding hydrogens is 330 g/mol. The van der Waals surface area contributed by atoms with Crippen molar-refractivity contribution < 1.29 is 9.53 Å². The second-order valence-electron chi connectivity index (χ2n) is 6.44. The minimum atomic E-state index is -0.328. The molecule has 0 atom stereocenters. The van der Waals surface area contributed by atoms with Crippen LogP contribution in [0.15, 0.2) is 30.3 Å². The van der Waals surface area contributed by atoms with E-state index >= 15 is 0 Å². The van der Waals surface area contributed by atoms with Crippen molar-refractivity contribution in [2.24, 2.45) is 0 Å². The van der Waals surface area contributed by atoms with Crippen LogP contribution in [0.5, 0.6) is 0 Å². The van der Waals surface area contributed by atoms with E-state index in [1.165, 1.54) is 28.7 Å². The summed E-state index contributed by atoms with van der Waals surface area (Å²) in [7, 11) is 0. The molecule has 1 aromatic carbocycles. The van der Waals surface area contributed by atoms with Crippen molar-refractivity contribution in [1.29, 1.82) is 0 Å². The first-order valence-corrected chi connectivity index (χ1v) is 9.69. The van der Waals surface area contributed by atoms with Crippen LogP contribution >= 0.6 is 11.3 Å². The zero-order valence-electron chi connectivity index (χ0n) is 14.6. The van der Waals surface area contributed by atoms with Crippen LogP contribution in [-0.2, 0) is 17.6 Å². The van der Waals surface area contributed by atoms with Gasteiger partial charge in [0.25, 0.3) is 0 Å². The van der Waals surface area contributed by atoms with Crippen molar-refractivity contribution in [2.75, 3.05) is 6.61 Å². The van der Waals surface area contributed by atoms with E-state index in [2.05, 4.69) is 12.1 Å². The lowest BCUT2D eigenvalue weighted by Gasteiger charge is -2.15. The number of nitrogens with zero attached hydrogens (tertiary/aromatic N) is 1. The predicted molar refractivity (Wildman–Crippen MR) is 102 cm³/mol. The summed E-state index contributed by atoms with van der Waals surface area (Å²) in [4.78, 5) is 19.6. The number of carbonyl (C=O) groups excluding carboxylic acids is 1. The molecule has 0 saturated heterocycles. The molecule has 0 aliphatic heterocycles. The van der Waals surface area contributed by atoms with Crippen molar-refractivity contribution in [3.8, 4) is 11.1 Å². The van der Waals surface area contributed by atoms with E-state index in [0.29, 0.717) is 12.3 Å². The number of fused-ring (bicyclic) bond motifs is 3. The second-order valence-corrected chi connectivity index (χ2v) is 7.52. The lowest BCUT2D eigenvalue weighted by Crippen LogP contribution is -2.10. The number of hydrogen-bond donors (Lipinski definition) is 0. The van der Waals surface area contributed by atoms with E-state index in [0.717, 1.165) is 34.4 Å². The average molecular weight is 351 g/mol. The molecular formula is C21H21NO2S. The van der Waals surface area contributed by atoms with E-state index in [-0.39, 0.29) is 5.97 Å². The van der Waals surface area contributed by atoms with Gasteiger partial charge in [-0.25, -0.2) is 9.78 Å². The topological polar surface area (TPSA) is 39.2 Å². The van der Waals surface area contributed by atoms with Gasteiger partial charge in [0, 0.05) is 10.3 Å². The fourth-order valence-corrected chi connectivity index (χ4v) is 5.01. The first-order chi connectivity index (χ1) is 12.2. The largest absolute Gasteiger partial charge is 0.461 e. The molecule has 2 heterocycles. The number of aromatic nitrogens is 1. The van der Waals surface area contributed by atoms with Gasteiger partial charge in [0.05, 0.1) is 6.61 Å². The summed E-state index contributed by atoms with van der Waals surface area (Å²) in [5.74, 6) is -0.328. The molecule has 3 nitrogen and oxygen atoms in total. The molecule has 1 aliphatic rings. The van der Waals surface area contributed by atoms with Crippen LogP contribution in [0, 0.1) is 6.92 Å². The van der Waals surface area contributed by atoms with E-state index < -0.39 is 0 Å². The van der Waals surface area contributed by atoms with E-state index in [9.17, 15) is 4.79 Å². The minimum absolute atomic E-state index is 0.328. The molecule has 0 saturated carbocycles. The van der Waals surface area contributed by atoms with Crippen molar-refractivity contribution in [1.82, 2.24) is 4.98 Å². The van der Waals surface area contributed by atoms with Gasteiger partial charge in [0.15, 0.2) is 5.69 Å². The highest BCUT2D eigenvalue weighted by molar-refractivity contribution is 7.19. The molecule has 0 spiro atoms. The number of carbonyl (C=O) groups is 1. The third-order valence-corrected chi connectivity index (χ3v) is 6.06. The predicted octanol–water partition coefficient (Wildman–Crippen LogP) is 5.33. The highest BCUT2D eigenvalue weighted by Gasteiger charge is 2.25. The first kappa shape index (κ1) is 16.3. The van der Waals surface area contributed by atoms with Crippen molar-refractivity contribution in [3.05, 3.63) is 52.0 Å². The van der Waals surface area contributed by atoms with Crippen LogP contribution in [0.4, 0.5) is 0 Å². The third kappa shape index (κ3) is 2.74. The normalized spacial score (nSPS) is 13.7. The molecule has 3 aromatic rings. The summed E-state index contributed by atoms with van der Waals surface area (Å²) in [5.41, 5.74) is 5.10. The zero-order chi connectivity index (χ0) is 17.4. The lowest BCUT2D eigenvalue weighted by molar-refractivity contribution is 0.0519. The van der Waals surface area contributed by atoms with Crippen LogP contribution in [0.25, 0.3) is 21.3 Å². The number of thiophene rings is 1. The molecule has 4 rings (SSSR count). The maximum absolute atomic E-state index is 12.5. The number of pyridine rings is 1. The van der Waals surface area contributed by atoms with Crippen molar-refractivity contribution >= 4 is 27.5 Å². The van der Waals surface area contributed by atoms with Crippen LogP contribution in [0.1, 0.15) is 46.3 Å². The Labute approximate surface area is 151 Å². The monoisotopic (exact) mass is 351 g/mol. The fraction of sp³-hybridized carbons (Fsp3) is 0.333. The molecule has 0 radical (unpaired) electrons. The van der Waals surface area contributed by atoms with Gasteiger partial charge in [0.2, 0.25) is 0 Å². The maximum atomic E-state index is 12.5. The van der Waals surface area contributed by atoms with Gasteiger partial charge in [-0.05, 0) is 61.8 Å². The number of aryl methyl sites for hydroxylation is 2. The Morgan fingerprint density at radius 3 is 2.72 bits per heavy atom. The van der Waals surface area contributed by atoms with Crippen molar-refractivity contribution in [3.63, 3.8) is 0 Å². The smallest absolute Gasteiger partial charge is 0.357 e. The fourth-order valence-electron chi connectivity index (χ4n) is 3.74. The summed E-state index contributed by atoms with van der Waals surface area (Å²) in [6, 6.07) is 10.3. The number of hydrogen-bond acceptors (Lipinski definition) is 4. The Hall–Kier alpha value is -2.20. The van der Waals surface area contributed by atoms with Gasteiger partial charge in [-0.2, -0.15) is 0 Å². The molecule has 128 valence electrons. The number of benzene rings is 1. The molecule has 0 unspecified atom stereocenters. The number of esters is 1. The third-order valence-electron chi connectivity index (χ3n) is 4.88. The molecule has 1 aliphatic carbocycles. The highest BCUT2D eigenvalue weighted by atomic mass is 32.1. The molecule has 0 fully saturated rings. The van der Waals surface area contributed by atoms with E-state index in [4.69, 9.17) is 9.72 Å². The minimum Gasteiger partial charge on any atom is -0.461 e. The second kappa shape index (κ2) is 6.60. The maximum Gasteiger partial charge on any atom is 0.357 e. The van der Waals surface area contributed by atoms with Gasteiger partial charge >= 0.3 is 5.97 Å². The summed E-state index contributed by atoms with van der Waals surface area (Å²) in [6.45, 7) is 4.18. The molecule has 0 N–H and O–H groups in total. The molecule has 25 heavy (non-hydrogen) atoms. The first-order valence-electron chi connectivity index (χ1n) is 8.88. The Morgan fingerprint density at radius 1 is 1.20 bits per heavy atom. The lowest BCUT2D eigenvalue weighted by atomic mass is 9.90. The Kier molecular flexibility index (Phi) is 4.30. The summed E-state index contributed by atoms with van der Waals surface area (Å²) >= 11 is 1.75. The summed E-state index contributed by atoms with van der Waals surface area (Å²) < 4.78 is 5.25. The molecule has 2 aromatic heterocycles. The van der Waals surface area contributed by atoms with Crippen molar-refractivity contribution in [2.45, 2.75) is 39.5 Å². The number of ether oxygens (including phenoxy) is 1. The highest BCUT2D eigenvalue weighted by Crippen LogP contribution is 2.42. The van der Waals surface area contributed by atoms with Crippen LogP contribution in [-0.4, -0.2) is 17.6 Å². The van der Waals surface area contributed by atoms with Gasteiger partial charge in [-0.15, -0.1) is 11.3 Å². The Balaban J connectivity index is 2.05. The van der Waals surface area contributed by atoms with E-state index in [1.54, 1.807) is 11.3 Å². The summed E-state index contributed by atoms with van der Waals surface area (Å²) in [5, 5.41) is 1.25. The van der Waals surface area contributed by atoms with Crippen LogP contribution in [0.3, 0.4) is 0 Å². The SMILES string of the molecule is CCOC(=O)c1nc2sc3c(c2c(-c2ccccc2)c1C)CCCC3. The van der Waals surface area contributed by atoms with Crippen LogP contribution in [0.2, 0.25) is 0 Å². The van der Waals surface area contributed by atoms with Crippen LogP contribution < -0.4 is 0 Å². The standard InChI is InChI=1S/C21H21NO2S/c1-3-24-21(23)19-13(2)17(14-9-5-4-6-10-14)18-15-11-7-8-12-16(15)25-20(18)22-19/h4-6,9-10H,3,7-8,11-12H2,1-2H3. The zero-order valence-corrected chi connectivity index (χ0v) is 15.4. The number of rotatable bonds is 3. The molecule has 0 amide bonds. The van der Waals surface area contributed by atoms with Gasteiger partial charge in [-0.1, -0.05) is 30.3 Å². The van der Waals surface area contributed by atoms with Gasteiger partial charge < -0.3 is 4.74 Å². The summed E-state index contributed by atoms with van der Waals surface area (Å²) in [6.07, 6.45) is 4.70. The van der Waals surface area contributed by atoms with Gasteiger partial charge in [-0.3, -0.25) is 0 Å². The molecule has 0 bridgehead atoms. The van der Waals surface area contributed by atoms with E-state index in [1.807, 2.05) is 32.0 Å².